The monoisotopic (exact) mass is 1030 g/mol. The van der Waals surface area contributed by atoms with Crippen molar-refractivity contribution in [1.82, 2.24) is 5.32 Å². The molecule has 432 valence electrons. The fourth-order valence-corrected chi connectivity index (χ4v) is 10.4. The molecule has 2 atom stereocenters. The number of aliphatic hydroxyl groups excluding tert-OH is 2. The summed E-state index contributed by atoms with van der Waals surface area (Å²) in [5.41, 5.74) is 0. The minimum Gasteiger partial charge on any atom is -0.466 e. The second-order valence-electron chi connectivity index (χ2n) is 22.8. The van der Waals surface area contributed by atoms with E-state index in [9.17, 15) is 19.8 Å². The predicted molar refractivity (Wildman–Crippen MR) is 320 cm³/mol. The number of hydrogen-bond donors (Lipinski definition) is 3. The number of carbonyl (C=O) groups is 2. The number of aliphatic hydroxyl groups is 2. The van der Waals surface area contributed by atoms with Gasteiger partial charge < -0.3 is 20.3 Å². The third-order valence-corrected chi connectivity index (χ3v) is 15.5. The van der Waals surface area contributed by atoms with Crippen LogP contribution in [0.1, 0.15) is 367 Å². The minimum atomic E-state index is -0.667. The third-order valence-electron chi connectivity index (χ3n) is 15.5. The number of amides is 1. The van der Waals surface area contributed by atoms with Crippen LogP contribution in [0.4, 0.5) is 0 Å². The van der Waals surface area contributed by atoms with Crippen LogP contribution in [-0.4, -0.2) is 47.4 Å². The molecular weight excluding hydrogens is 899 g/mol. The Bertz CT molecular complexity index is 1140. The van der Waals surface area contributed by atoms with Crippen LogP contribution in [0.3, 0.4) is 0 Å². The molecule has 0 spiro atoms. The molecule has 0 fully saturated rings. The van der Waals surface area contributed by atoms with Gasteiger partial charge in [0.1, 0.15) is 0 Å². The molecule has 0 radical (unpaired) electrons. The molecule has 2 unspecified atom stereocenters. The number of unbranched alkanes of at least 4 members (excludes halogenated alkanes) is 47. The summed E-state index contributed by atoms with van der Waals surface area (Å²) in [6, 6.07) is -0.544. The Morgan fingerprint density at radius 3 is 1.01 bits per heavy atom. The van der Waals surface area contributed by atoms with Gasteiger partial charge in [-0.2, -0.15) is 0 Å². The summed E-state index contributed by atoms with van der Waals surface area (Å²) < 4.78 is 5.46. The zero-order valence-corrected chi connectivity index (χ0v) is 49.4. The molecule has 73 heavy (non-hydrogen) atoms. The van der Waals surface area contributed by atoms with E-state index >= 15 is 0 Å². The van der Waals surface area contributed by atoms with Gasteiger partial charge in [0.15, 0.2) is 0 Å². The molecule has 0 saturated carbocycles. The molecule has 0 bridgehead atoms. The van der Waals surface area contributed by atoms with E-state index in [1.54, 1.807) is 0 Å². The van der Waals surface area contributed by atoms with Gasteiger partial charge in [-0.15, -0.1) is 0 Å². The molecule has 1 amide bonds. The fourth-order valence-electron chi connectivity index (χ4n) is 10.4. The third kappa shape index (κ3) is 59.4. The van der Waals surface area contributed by atoms with Crippen molar-refractivity contribution in [2.45, 2.75) is 379 Å². The van der Waals surface area contributed by atoms with Crippen LogP contribution in [-0.2, 0) is 14.3 Å². The van der Waals surface area contributed by atoms with Crippen molar-refractivity contribution in [3.63, 3.8) is 0 Å². The van der Waals surface area contributed by atoms with Gasteiger partial charge in [0.25, 0.3) is 0 Å². The Morgan fingerprint density at radius 2 is 0.658 bits per heavy atom. The Balaban J connectivity index is 3.40. The van der Waals surface area contributed by atoms with Crippen molar-refractivity contribution < 1.29 is 24.5 Å². The Kier molecular flexibility index (Phi) is 61.4. The van der Waals surface area contributed by atoms with E-state index in [1.807, 2.05) is 0 Å². The summed E-state index contributed by atoms with van der Waals surface area (Å²) in [4.78, 5) is 24.5. The predicted octanol–water partition coefficient (Wildman–Crippen LogP) is 21.0. The molecule has 6 nitrogen and oxygen atoms in total. The SMILES string of the molecule is CCCC/C=C\CCCCCCCC(=O)OCCCCCCCCCCCCCC/C=C\CCCCCCCCCCCC(=O)NC(CO)C(O)CCCCCCCCCCCCCCCCCCCCCC. The van der Waals surface area contributed by atoms with Crippen LogP contribution in [0.2, 0.25) is 0 Å². The van der Waals surface area contributed by atoms with Crippen molar-refractivity contribution in [3.8, 4) is 0 Å². The molecule has 3 N–H and O–H groups in total. The van der Waals surface area contributed by atoms with Crippen LogP contribution in [0.25, 0.3) is 0 Å². The summed E-state index contributed by atoms with van der Waals surface area (Å²) >= 11 is 0. The van der Waals surface area contributed by atoms with Crippen molar-refractivity contribution in [3.05, 3.63) is 24.3 Å². The maximum absolute atomic E-state index is 12.5. The van der Waals surface area contributed by atoms with Gasteiger partial charge in [-0.25, -0.2) is 0 Å². The summed E-state index contributed by atoms with van der Waals surface area (Å²) in [7, 11) is 0. The maximum Gasteiger partial charge on any atom is 0.305 e. The smallest absolute Gasteiger partial charge is 0.305 e. The lowest BCUT2D eigenvalue weighted by Crippen LogP contribution is -2.45. The lowest BCUT2D eigenvalue weighted by molar-refractivity contribution is -0.143. The van der Waals surface area contributed by atoms with Crippen molar-refractivity contribution in [2.75, 3.05) is 13.2 Å². The highest BCUT2D eigenvalue weighted by Gasteiger charge is 2.20. The molecule has 0 aromatic carbocycles. The Labute approximate surface area is 456 Å². The first-order chi connectivity index (χ1) is 36.0. The summed E-state index contributed by atoms with van der Waals surface area (Å²) in [5, 5.41) is 23.4. The van der Waals surface area contributed by atoms with E-state index < -0.39 is 12.1 Å². The number of ether oxygens (including phenoxy) is 1. The fraction of sp³-hybridized carbons (Fsp3) is 0.910. The van der Waals surface area contributed by atoms with E-state index in [0.29, 0.717) is 25.9 Å². The topological polar surface area (TPSA) is 95.9 Å². The van der Waals surface area contributed by atoms with Gasteiger partial charge in [-0.05, 0) is 70.6 Å². The lowest BCUT2D eigenvalue weighted by atomic mass is 10.0. The zero-order chi connectivity index (χ0) is 52.9. The average Bonchev–Trinajstić information content (AvgIpc) is 3.39. The number of esters is 1. The van der Waals surface area contributed by atoms with Gasteiger partial charge in [-0.1, -0.05) is 308 Å². The van der Waals surface area contributed by atoms with E-state index in [-0.39, 0.29) is 18.5 Å². The average molecular weight is 1030 g/mol. The van der Waals surface area contributed by atoms with Crippen molar-refractivity contribution in [2.24, 2.45) is 0 Å². The number of allylic oxidation sites excluding steroid dienone is 4. The number of rotatable bonds is 62. The van der Waals surface area contributed by atoms with Crippen molar-refractivity contribution >= 4 is 11.9 Å². The molecule has 0 aromatic heterocycles. The first kappa shape index (κ1) is 71.3. The molecule has 0 saturated heterocycles. The Hall–Kier alpha value is -1.66. The molecular formula is C67H129NO5. The van der Waals surface area contributed by atoms with E-state index in [4.69, 9.17) is 4.74 Å². The van der Waals surface area contributed by atoms with Gasteiger partial charge in [0.2, 0.25) is 5.91 Å². The lowest BCUT2D eigenvalue weighted by Gasteiger charge is -2.22. The van der Waals surface area contributed by atoms with Gasteiger partial charge >= 0.3 is 5.97 Å². The molecule has 0 aromatic rings. The zero-order valence-electron chi connectivity index (χ0n) is 49.4. The maximum atomic E-state index is 12.5. The molecule has 0 aliphatic carbocycles. The summed E-state index contributed by atoms with van der Waals surface area (Å²) in [5.74, 6) is -0.0316. The number of hydrogen-bond acceptors (Lipinski definition) is 5. The van der Waals surface area contributed by atoms with Gasteiger partial charge in [-0.3, -0.25) is 9.59 Å². The largest absolute Gasteiger partial charge is 0.466 e. The molecule has 0 heterocycles. The van der Waals surface area contributed by atoms with Crippen molar-refractivity contribution in [1.29, 1.82) is 0 Å². The van der Waals surface area contributed by atoms with Crippen LogP contribution in [0.5, 0.6) is 0 Å². The normalized spacial score (nSPS) is 12.7. The second kappa shape index (κ2) is 62.9. The molecule has 0 aliphatic rings. The molecule has 6 heteroatoms. The van der Waals surface area contributed by atoms with E-state index in [1.165, 1.54) is 289 Å². The Morgan fingerprint density at radius 1 is 0.370 bits per heavy atom. The number of nitrogens with one attached hydrogen (secondary N) is 1. The highest BCUT2D eigenvalue weighted by molar-refractivity contribution is 5.76. The second-order valence-corrected chi connectivity index (χ2v) is 22.8. The van der Waals surface area contributed by atoms with Crippen LogP contribution in [0.15, 0.2) is 24.3 Å². The minimum absolute atomic E-state index is 0.00285. The first-order valence-corrected chi connectivity index (χ1v) is 33.1. The van der Waals surface area contributed by atoms with Gasteiger partial charge in [0.05, 0.1) is 25.4 Å². The van der Waals surface area contributed by atoms with Crippen LogP contribution >= 0.6 is 0 Å². The first-order valence-electron chi connectivity index (χ1n) is 33.1. The van der Waals surface area contributed by atoms with E-state index in [0.717, 1.165) is 44.9 Å². The summed E-state index contributed by atoms with van der Waals surface area (Å²) in [6.07, 6.45) is 77.8. The summed E-state index contributed by atoms with van der Waals surface area (Å²) in [6.45, 7) is 4.94. The van der Waals surface area contributed by atoms with Gasteiger partial charge in [0, 0.05) is 12.8 Å². The quantitative estimate of drug-likeness (QED) is 0.0320. The standard InChI is InChI=1S/C67H129NO5/c1-3-5-7-9-11-13-15-16-17-18-19-27-30-33-36-40-43-47-51-55-59-65(70)64(63-69)68-66(71)60-56-52-48-44-41-37-34-31-28-25-23-21-20-22-24-26-29-32-35-38-42-46-50-54-58-62-73-67(72)61-57-53-49-45-39-14-12-10-8-6-4-2/h10,12,21,23,64-65,69-70H,3-9,11,13-20,22,24-63H2,1-2H3,(H,68,71)/b12-10-,23-21-. The highest BCUT2D eigenvalue weighted by atomic mass is 16.5. The molecule has 0 rings (SSSR count). The van der Waals surface area contributed by atoms with E-state index in [2.05, 4.69) is 43.5 Å². The molecule has 0 aliphatic heterocycles. The highest BCUT2D eigenvalue weighted by Crippen LogP contribution is 2.18. The number of carbonyl (C=O) groups excluding carboxylic acids is 2. The van der Waals surface area contributed by atoms with Crippen LogP contribution in [0, 0.1) is 0 Å². The van der Waals surface area contributed by atoms with Crippen LogP contribution < -0.4 is 5.32 Å².